The lowest BCUT2D eigenvalue weighted by atomic mass is 9.90. The average Bonchev–Trinajstić information content (AvgIpc) is 2.62. The van der Waals surface area contributed by atoms with Crippen LogP contribution in [0.25, 0.3) is 11.0 Å². The van der Waals surface area contributed by atoms with Crippen LogP contribution in [0.15, 0.2) is 51.7 Å². The lowest BCUT2D eigenvalue weighted by Gasteiger charge is -2.18. The molecule has 1 aromatic heterocycles. The highest BCUT2D eigenvalue weighted by atomic mass is 16.4. The average molecular weight is 334 g/mol. The Morgan fingerprint density at radius 3 is 2.52 bits per heavy atom. The van der Waals surface area contributed by atoms with E-state index in [-0.39, 0.29) is 5.63 Å². The molecule has 1 aliphatic rings. The van der Waals surface area contributed by atoms with E-state index in [4.69, 9.17) is 4.42 Å². The molecule has 0 saturated heterocycles. The number of hydrogen-bond acceptors (Lipinski definition) is 4. The molecule has 1 N–H and O–H groups in total. The van der Waals surface area contributed by atoms with Crippen molar-refractivity contribution in [3.63, 3.8) is 0 Å². The Hall–Kier alpha value is -2.75. The second-order valence-electron chi connectivity index (χ2n) is 6.83. The fraction of sp³-hybridized carbons (Fsp3) is 0.286. The van der Waals surface area contributed by atoms with Gasteiger partial charge in [0.05, 0.1) is 5.69 Å². The van der Waals surface area contributed by atoms with Gasteiger partial charge in [0.15, 0.2) is 0 Å². The molecule has 0 radical (unpaired) electrons. The molecule has 0 bridgehead atoms. The van der Waals surface area contributed by atoms with Crippen molar-refractivity contribution in [1.29, 1.82) is 0 Å². The summed E-state index contributed by atoms with van der Waals surface area (Å²) in [6, 6.07) is 13.9. The van der Waals surface area contributed by atoms with Crippen molar-refractivity contribution in [3.8, 4) is 0 Å². The first-order valence-corrected chi connectivity index (χ1v) is 8.75. The number of hydrogen-bond donors (Lipinski definition) is 1. The number of nitrogens with one attached hydrogen (secondary N) is 1. The minimum Gasteiger partial charge on any atom is -0.422 e. The van der Waals surface area contributed by atoms with Crippen LogP contribution >= 0.6 is 0 Å². The third-order valence-corrected chi connectivity index (χ3v) is 4.90. The molecular weight excluding hydrogens is 312 g/mol. The monoisotopic (exact) mass is 334 g/mol. The molecule has 2 aromatic carbocycles. The van der Waals surface area contributed by atoms with Crippen LogP contribution in [-0.2, 0) is 12.8 Å². The maximum atomic E-state index is 12.1. The molecule has 4 heteroatoms. The van der Waals surface area contributed by atoms with Gasteiger partial charge in [0.1, 0.15) is 5.58 Å². The van der Waals surface area contributed by atoms with Crippen LogP contribution in [0, 0.1) is 0 Å². The largest absolute Gasteiger partial charge is 0.422 e. The van der Waals surface area contributed by atoms with Crippen LogP contribution in [-0.4, -0.2) is 14.1 Å². The van der Waals surface area contributed by atoms with Gasteiger partial charge in [-0.3, -0.25) is 0 Å². The van der Waals surface area contributed by atoms with E-state index in [1.165, 1.54) is 23.6 Å². The summed E-state index contributed by atoms with van der Waals surface area (Å²) in [4.78, 5) is 14.2. The second-order valence-corrected chi connectivity index (χ2v) is 6.83. The number of rotatable bonds is 3. The predicted molar refractivity (Wildman–Crippen MR) is 103 cm³/mol. The van der Waals surface area contributed by atoms with Gasteiger partial charge in [0.25, 0.3) is 0 Å². The molecule has 4 nitrogen and oxygen atoms in total. The molecule has 1 heterocycles. The Bertz CT molecular complexity index is 972. The summed E-state index contributed by atoms with van der Waals surface area (Å²) in [6.07, 6.45) is 4.41. The second kappa shape index (κ2) is 6.28. The van der Waals surface area contributed by atoms with E-state index in [9.17, 15) is 4.79 Å². The van der Waals surface area contributed by atoms with Gasteiger partial charge in [-0.25, -0.2) is 4.79 Å². The Morgan fingerprint density at radius 2 is 1.76 bits per heavy atom. The third kappa shape index (κ3) is 3.00. The summed E-state index contributed by atoms with van der Waals surface area (Å²) in [5.41, 5.74) is 5.85. The summed E-state index contributed by atoms with van der Waals surface area (Å²) in [5.74, 6) is 0. The Kier molecular flexibility index (Phi) is 3.96. The van der Waals surface area contributed by atoms with Gasteiger partial charge in [0, 0.05) is 36.9 Å². The van der Waals surface area contributed by atoms with E-state index in [0.717, 1.165) is 47.3 Å². The maximum Gasteiger partial charge on any atom is 0.338 e. The van der Waals surface area contributed by atoms with Gasteiger partial charge >= 0.3 is 5.63 Å². The van der Waals surface area contributed by atoms with Crippen molar-refractivity contribution in [2.45, 2.75) is 25.7 Å². The Labute approximate surface area is 147 Å². The lowest BCUT2D eigenvalue weighted by Crippen LogP contribution is -2.08. The molecule has 0 aliphatic heterocycles. The normalized spacial score (nSPS) is 13.5. The van der Waals surface area contributed by atoms with E-state index in [1.807, 2.05) is 26.2 Å². The number of benzene rings is 2. The van der Waals surface area contributed by atoms with Crippen LogP contribution in [0.5, 0.6) is 0 Å². The zero-order chi connectivity index (χ0) is 17.4. The molecule has 4 rings (SSSR count). The maximum absolute atomic E-state index is 12.1. The topological polar surface area (TPSA) is 45.5 Å². The van der Waals surface area contributed by atoms with Crippen molar-refractivity contribution in [1.82, 2.24) is 0 Å². The molecule has 0 atom stereocenters. The highest BCUT2D eigenvalue weighted by molar-refractivity contribution is 5.94. The summed E-state index contributed by atoms with van der Waals surface area (Å²) in [7, 11) is 4.03. The molecule has 0 amide bonds. The molecular formula is C21H22N2O2. The van der Waals surface area contributed by atoms with Crippen LogP contribution in [0.1, 0.15) is 24.0 Å². The fourth-order valence-electron chi connectivity index (χ4n) is 3.55. The van der Waals surface area contributed by atoms with Crippen LogP contribution in [0.2, 0.25) is 0 Å². The standard InChI is InChI=1S/C21H22N2O2/c1-23(2)16-10-8-15(9-11-16)22-19-13-20(24)25-21-17-6-4-3-5-14(17)7-12-18(19)21/h7-13,22H,3-6H2,1-2H3. The molecule has 25 heavy (non-hydrogen) atoms. The van der Waals surface area contributed by atoms with E-state index in [2.05, 4.69) is 34.5 Å². The van der Waals surface area contributed by atoms with E-state index in [1.54, 1.807) is 0 Å². The Balaban J connectivity index is 1.78. The molecule has 0 unspecified atom stereocenters. The van der Waals surface area contributed by atoms with Gasteiger partial charge in [0.2, 0.25) is 0 Å². The summed E-state index contributed by atoms with van der Waals surface area (Å²) in [6.45, 7) is 0. The fourth-order valence-corrected chi connectivity index (χ4v) is 3.55. The zero-order valence-corrected chi connectivity index (χ0v) is 14.6. The zero-order valence-electron chi connectivity index (χ0n) is 14.6. The van der Waals surface area contributed by atoms with Crippen molar-refractivity contribution in [3.05, 3.63) is 64.0 Å². The Morgan fingerprint density at radius 1 is 1.00 bits per heavy atom. The van der Waals surface area contributed by atoms with Crippen molar-refractivity contribution < 1.29 is 4.42 Å². The minimum absolute atomic E-state index is 0.307. The van der Waals surface area contributed by atoms with Crippen molar-refractivity contribution in [2.75, 3.05) is 24.3 Å². The minimum atomic E-state index is -0.307. The molecule has 128 valence electrons. The SMILES string of the molecule is CN(C)c1ccc(Nc2cc(=O)oc3c4c(ccc23)CCCC4)cc1. The van der Waals surface area contributed by atoms with Crippen LogP contribution in [0.4, 0.5) is 17.1 Å². The third-order valence-electron chi connectivity index (χ3n) is 4.90. The molecule has 0 spiro atoms. The summed E-state index contributed by atoms with van der Waals surface area (Å²) in [5, 5.41) is 4.35. The number of aryl methyl sites for hydroxylation is 2. The van der Waals surface area contributed by atoms with Crippen LogP contribution in [0.3, 0.4) is 0 Å². The van der Waals surface area contributed by atoms with Crippen molar-refractivity contribution in [2.24, 2.45) is 0 Å². The summed E-state index contributed by atoms with van der Waals surface area (Å²) < 4.78 is 5.59. The molecule has 3 aromatic rings. The highest BCUT2D eigenvalue weighted by Crippen LogP contribution is 2.33. The first-order valence-electron chi connectivity index (χ1n) is 8.75. The smallest absolute Gasteiger partial charge is 0.338 e. The molecule has 0 saturated carbocycles. The first-order chi connectivity index (χ1) is 12.1. The van der Waals surface area contributed by atoms with Gasteiger partial charge in [-0.2, -0.15) is 0 Å². The van der Waals surface area contributed by atoms with E-state index in [0.29, 0.717) is 0 Å². The van der Waals surface area contributed by atoms with E-state index < -0.39 is 0 Å². The van der Waals surface area contributed by atoms with Crippen LogP contribution < -0.4 is 15.8 Å². The van der Waals surface area contributed by atoms with Gasteiger partial charge < -0.3 is 14.6 Å². The molecule has 0 fully saturated rings. The number of nitrogens with zero attached hydrogens (tertiary/aromatic N) is 1. The van der Waals surface area contributed by atoms with Gasteiger partial charge in [-0.05, 0) is 67.1 Å². The van der Waals surface area contributed by atoms with Gasteiger partial charge in [-0.15, -0.1) is 0 Å². The first kappa shape index (κ1) is 15.8. The number of anilines is 3. The molecule has 1 aliphatic carbocycles. The lowest BCUT2D eigenvalue weighted by molar-refractivity contribution is 0.551. The van der Waals surface area contributed by atoms with Crippen molar-refractivity contribution >= 4 is 28.0 Å². The summed E-state index contributed by atoms with van der Waals surface area (Å²) >= 11 is 0. The predicted octanol–water partition coefficient (Wildman–Crippen LogP) is 4.48. The number of fused-ring (bicyclic) bond motifs is 3. The van der Waals surface area contributed by atoms with Gasteiger partial charge in [-0.1, -0.05) is 6.07 Å². The van der Waals surface area contributed by atoms with E-state index >= 15 is 0 Å². The highest BCUT2D eigenvalue weighted by Gasteiger charge is 2.16. The quantitative estimate of drug-likeness (QED) is 0.717.